The van der Waals surface area contributed by atoms with Crippen LogP contribution in [0.1, 0.15) is 34.3 Å². The van der Waals surface area contributed by atoms with Crippen molar-refractivity contribution >= 4 is 43.8 Å². The fourth-order valence-corrected chi connectivity index (χ4v) is 9.41. The fraction of sp³-hybridized carbons (Fsp3) is 0.438. The molecule has 6 heterocycles. The molecule has 1 aromatic carbocycles. The van der Waals surface area contributed by atoms with Crippen molar-refractivity contribution < 1.29 is 13.2 Å². The van der Waals surface area contributed by atoms with E-state index in [-0.39, 0.29) is 4.90 Å². The lowest BCUT2D eigenvalue weighted by molar-refractivity contribution is 0.0681. The summed E-state index contributed by atoms with van der Waals surface area (Å²) < 4.78 is 36.4. The fourth-order valence-electron chi connectivity index (χ4n) is 6.58. The highest BCUT2D eigenvalue weighted by Crippen LogP contribution is 2.46. The van der Waals surface area contributed by atoms with Crippen LogP contribution in [0, 0.1) is 5.92 Å². The van der Waals surface area contributed by atoms with Crippen LogP contribution in [0.3, 0.4) is 0 Å². The highest BCUT2D eigenvalue weighted by atomic mass is 32.2. The van der Waals surface area contributed by atoms with Gasteiger partial charge in [-0.15, -0.1) is 11.3 Å². The maximum absolute atomic E-state index is 14.6. The van der Waals surface area contributed by atoms with Gasteiger partial charge in [0.2, 0.25) is 0 Å². The van der Waals surface area contributed by atoms with Gasteiger partial charge in [-0.2, -0.15) is 0 Å². The van der Waals surface area contributed by atoms with Crippen molar-refractivity contribution in [3.8, 4) is 0 Å². The first kappa shape index (κ1) is 28.2. The second kappa shape index (κ2) is 11.6. The molecule has 10 nitrogen and oxygen atoms in total. The van der Waals surface area contributed by atoms with Gasteiger partial charge in [0.05, 0.1) is 40.4 Å². The number of aromatic amines is 1. The van der Waals surface area contributed by atoms with Crippen molar-refractivity contribution in [2.75, 3.05) is 63.3 Å². The van der Waals surface area contributed by atoms with Crippen LogP contribution in [0.5, 0.6) is 0 Å². The molecule has 3 fully saturated rings. The number of rotatable bonds is 7. The van der Waals surface area contributed by atoms with Gasteiger partial charge in [0.25, 0.3) is 10.0 Å². The Morgan fingerprint density at radius 3 is 2.50 bits per heavy atom. The van der Waals surface area contributed by atoms with Gasteiger partial charge in [-0.3, -0.25) is 9.88 Å². The van der Waals surface area contributed by atoms with Gasteiger partial charge in [0, 0.05) is 80.6 Å². The Morgan fingerprint density at radius 1 is 0.955 bits per heavy atom. The van der Waals surface area contributed by atoms with Crippen LogP contribution in [0.4, 0.5) is 5.69 Å². The van der Waals surface area contributed by atoms with Crippen molar-refractivity contribution in [2.45, 2.75) is 30.4 Å². The van der Waals surface area contributed by atoms with Crippen molar-refractivity contribution in [1.82, 2.24) is 24.7 Å². The molecular formula is C32H37N7O3S2. The molecule has 0 spiro atoms. The summed E-state index contributed by atoms with van der Waals surface area (Å²) in [4.78, 5) is 22.7. The number of ether oxygens (including phenoxy) is 1. The second-order valence-electron chi connectivity index (χ2n) is 12.2. The molecule has 3 aliphatic heterocycles. The van der Waals surface area contributed by atoms with Crippen LogP contribution in [-0.4, -0.2) is 97.9 Å². The Hall–Kier alpha value is -3.29. The lowest BCUT2D eigenvalue weighted by Crippen LogP contribution is -2.46. The minimum absolute atomic E-state index is 0.245. The van der Waals surface area contributed by atoms with E-state index < -0.39 is 16.2 Å². The molecule has 230 valence electrons. The lowest BCUT2D eigenvalue weighted by Gasteiger charge is -2.38. The third-order valence-electron chi connectivity index (χ3n) is 9.12. The smallest absolute Gasteiger partial charge is 0.266 e. The van der Waals surface area contributed by atoms with Crippen LogP contribution < -0.4 is 4.31 Å². The van der Waals surface area contributed by atoms with Gasteiger partial charge < -0.3 is 19.5 Å². The topological polar surface area (TPSA) is 97.4 Å². The summed E-state index contributed by atoms with van der Waals surface area (Å²) in [5.41, 5.74) is 2.29. The third kappa shape index (κ3) is 5.32. The molecule has 1 N–H and O–H groups in total. The van der Waals surface area contributed by atoms with Crippen LogP contribution in [0.25, 0.3) is 10.9 Å². The Labute approximate surface area is 262 Å². The molecule has 2 saturated heterocycles. The van der Waals surface area contributed by atoms with Crippen LogP contribution in [0.15, 0.2) is 70.9 Å². The van der Waals surface area contributed by atoms with Gasteiger partial charge in [0.1, 0.15) is 5.84 Å². The molecule has 4 aliphatic rings. The van der Waals surface area contributed by atoms with Crippen molar-refractivity contribution in [3.63, 3.8) is 0 Å². The van der Waals surface area contributed by atoms with Crippen molar-refractivity contribution in [1.29, 1.82) is 0 Å². The molecule has 0 amide bonds. The number of thiophene rings is 1. The molecule has 0 radical (unpaired) electrons. The number of morpholine rings is 1. The van der Waals surface area contributed by atoms with E-state index in [0.29, 0.717) is 32.0 Å². The largest absolute Gasteiger partial charge is 0.378 e. The number of hydrogen-bond donors (Lipinski definition) is 1. The molecule has 1 saturated carbocycles. The number of pyridine rings is 1. The number of aliphatic imine (C=N–C) groups is 1. The number of H-pyrrole nitrogens is 1. The van der Waals surface area contributed by atoms with Crippen LogP contribution >= 0.6 is 11.3 Å². The summed E-state index contributed by atoms with van der Waals surface area (Å²) in [6.45, 7) is 8.90. The SMILES string of the molecule is O=S(=O)(c1ccccc1)N1c2cc(CN3CCN(CC4CC4)CC3)sc2C(N2CCOCC2)=NC1c1cncc2[nH]ccc12. The number of sulfonamides is 1. The molecular weight excluding hydrogens is 595 g/mol. The number of aromatic nitrogens is 2. The summed E-state index contributed by atoms with van der Waals surface area (Å²) in [6, 6.07) is 12.8. The summed E-state index contributed by atoms with van der Waals surface area (Å²) >= 11 is 1.67. The van der Waals surface area contributed by atoms with E-state index in [2.05, 4.69) is 30.7 Å². The minimum atomic E-state index is -3.98. The monoisotopic (exact) mass is 631 g/mol. The van der Waals surface area contributed by atoms with E-state index in [1.165, 1.54) is 19.4 Å². The maximum atomic E-state index is 14.6. The lowest BCUT2D eigenvalue weighted by atomic mass is 10.1. The molecule has 3 aromatic heterocycles. The zero-order valence-electron chi connectivity index (χ0n) is 24.6. The van der Waals surface area contributed by atoms with E-state index >= 15 is 0 Å². The normalized spacial score (nSPS) is 21.9. The third-order valence-corrected chi connectivity index (χ3v) is 12.0. The van der Waals surface area contributed by atoms with Crippen LogP contribution in [0.2, 0.25) is 0 Å². The Kier molecular flexibility index (Phi) is 7.42. The summed E-state index contributed by atoms with van der Waals surface area (Å²) in [5, 5.41) is 0.909. The standard InChI is InChI=1S/C32H37N7O3S2/c40-44(41,25-4-2-1-3-5-25)39-29-18-24(22-37-12-10-36(11-13-37)21-23-6-7-23)43-30(29)32(38-14-16-42-17-15-38)35-31(39)27-19-33-20-28-26(27)8-9-34-28/h1-5,8-9,18-20,23,31,34H,6-7,10-17,21-22H2. The summed E-state index contributed by atoms with van der Waals surface area (Å²) in [6.07, 6.45) is 7.33. The highest BCUT2D eigenvalue weighted by molar-refractivity contribution is 7.92. The average molecular weight is 632 g/mol. The first-order chi connectivity index (χ1) is 21.5. The van der Waals surface area contributed by atoms with Gasteiger partial charge in [-0.25, -0.2) is 17.7 Å². The molecule has 4 aromatic rings. The van der Waals surface area contributed by atoms with Crippen LogP contribution in [-0.2, 0) is 21.3 Å². The average Bonchev–Trinajstić information content (AvgIpc) is 3.56. The quantitative estimate of drug-likeness (QED) is 0.328. The number of nitrogens with zero attached hydrogens (tertiary/aromatic N) is 6. The van der Waals surface area contributed by atoms with Gasteiger partial charge in [0.15, 0.2) is 6.17 Å². The molecule has 0 bridgehead atoms. The van der Waals surface area contributed by atoms with E-state index in [0.717, 1.165) is 70.7 Å². The van der Waals surface area contributed by atoms with Gasteiger partial charge in [-0.1, -0.05) is 18.2 Å². The maximum Gasteiger partial charge on any atom is 0.266 e. The van der Waals surface area contributed by atoms with E-state index in [9.17, 15) is 8.42 Å². The molecule has 1 unspecified atom stereocenters. The first-order valence-corrected chi connectivity index (χ1v) is 17.8. The zero-order valence-corrected chi connectivity index (χ0v) is 26.3. The summed E-state index contributed by atoms with van der Waals surface area (Å²) in [5.74, 6) is 1.74. The number of benzene rings is 1. The number of fused-ring (bicyclic) bond motifs is 2. The predicted octanol–water partition coefficient (Wildman–Crippen LogP) is 4.14. The minimum Gasteiger partial charge on any atom is -0.378 e. The number of amidine groups is 1. The van der Waals surface area contributed by atoms with E-state index in [1.807, 2.05) is 18.3 Å². The Bertz CT molecular complexity index is 1770. The van der Waals surface area contributed by atoms with Crippen molar-refractivity contribution in [3.05, 3.63) is 76.4 Å². The second-order valence-corrected chi connectivity index (χ2v) is 15.1. The Balaban J connectivity index is 1.22. The zero-order chi connectivity index (χ0) is 29.7. The van der Waals surface area contributed by atoms with Gasteiger partial charge in [-0.05, 0) is 43.0 Å². The summed E-state index contributed by atoms with van der Waals surface area (Å²) in [7, 11) is -3.98. The first-order valence-electron chi connectivity index (χ1n) is 15.5. The Morgan fingerprint density at radius 2 is 1.73 bits per heavy atom. The molecule has 1 atom stereocenters. The van der Waals surface area contributed by atoms with Gasteiger partial charge >= 0.3 is 0 Å². The number of hydrogen-bond acceptors (Lipinski definition) is 9. The number of anilines is 1. The van der Waals surface area contributed by atoms with E-state index in [4.69, 9.17) is 9.73 Å². The van der Waals surface area contributed by atoms with Crippen molar-refractivity contribution in [2.24, 2.45) is 10.9 Å². The van der Waals surface area contributed by atoms with E-state index in [1.54, 1.807) is 52.3 Å². The molecule has 12 heteroatoms. The molecule has 8 rings (SSSR count). The molecule has 44 heavy (non-hydrogen) atoms. The highest BCUT2D eigenvalue weighted by Gasteiger charge is 2.42. The predicted molar refractivity (Wildman–Crippen MR) is 173 cm³/mol. The number of piperazine rings is 1. The molecule has 1 aliphatic carbocycles. The number of nitrogens with one attached hydrogen (secondary N) is 1.